The molecule has 4 aliphatic carbocycles. The molecule has 3 saturated carbocycles. The second kappa shape index (κ2) is 7.06. The van der Waals surface area contributed by atoms with E-state index in [-0.39, 0.29) is 40.7 Å². The molecule has 4 aliphatic rings. The molecule has 1 unspecified atom stereocenters. The number of Topliss-reactive ketones (excluding diaryl/α,β-unsaturated/α-hetero) is 2. The van der Waals surface area contributed by atoms with E-state index in [1.165, 1.54) is 12.5 Å². The molecule has 0 amide bonds. The Morgan fingerprint density at radius 2 is 1.72 bits per heavy atom. The molecule has 0 aromatic carbocycles. The summed E-state index contributed by atoms with van der Waals surface area (Å²) in [5.74, 6) is 1.42. The van der Waals surface area contributed by atoms with E-state index in [4.69, 9.17) is 4.74 Å². The zero-order valence-corrected chi connectivity index (χ0v) is 18.6. The van der Waals surface area contributed by atoms with Crippen LogP contribution >= 0.6 is 0 Å². The van der Waals surface area contributed by atoms with Gasteiger partial charge in [0.05, 0.1) is 0 Å². The van der Waals surface area contributed by atoms with Crippen molar-refractivity contribution < 1.29 is 19.1 Å². The van der Waals surface area contributed by atoms with Crippen molar-refractivity contribution in [3.8, 4) is 0 Å². The Balaban J connectivity index is 1.76. The number of hydrogen-bond donors (Lipinski definition) is 0. The first-order valence-corrected chi connectivity index (χ1v) is 11.5. The highest BCUT2D eigenvalue weighted by Crippen LogP contribution is 2.65. The highest BCUT2D eigenvalue weighted by molar-refractivity contribution is 5.88. The largest absolute Gasteiger partial charge is 0.462 e. The number of carbonyl (C=O) groups excluding carboxylic acids is 3. The fourth-order valence-corrected chi connectivity index (χ4v) is 7.42. The minimum Gasteiger partial charge on any atom is -0.462 e. The quantitative estimate of drug-likeness (QED) is 0.499. The van der Waals surface area contributed by atoms with E-state index >= 15 is 0 Å². The number of rotatable bonds is 3. The van der Waals surface area contributed by atoms with Crippen LogP contribution in [-0.4, -0.2) is 23.6 Å². The summed E-state index contributed by atoms with van der Waals surface area (Å²) in [6, 6.07) is 0. The molecule has 0 bridgehead atoms. The Labute approximate surface area is 174 Å². The molecule has 0 spiro atoms. The van der Waals surface area contributed by atoms with Crippen molar-refractivity contribution in [2.75, 3.05) is 0 Å². The van der Waals surface area contributed by atoms with Crippen LogP contribution in [0.5, 0.6) is 0 Å². The summed E-state index contributed by atoms with van der Waals surface area (Å²) in [7, 11) is 0. The van der Waals surface area contributed by atoms with Gasteiger partial charge in [-0.25, -0.2) is 0 Å². The molecule has 4 rings (SSSR count). The van der Waals surface area contributed by atoms with Crippen LogP contribution in [0, 0.1) is 40.4 Å². The lowest BCUT2D eigenvalue weighted by Gasteiger charge is -2.58. The Morgan fingerprint density at radius 3 is 2.38 bits per heavy atom. The number of fused-ring (bicyclic) bond motifs is 5. The molecule has 0 aromatic heterocycles. The molecule has 0 aromatic rings. The van der Waals surface area contributed by atoms with Crippen molar-refractivity contribution in [1.29, 1.82) is 0 Å². The number of ether oxygens (including phenoxy) is 1. The van der Waals surface area contributed by atoms with Gasteiger partial charge >= 0.3 is 5.97 Å². The third-order valence-electron chi connectivity index (χ3n) is 9.05. The monoisotopic (exact) mass is 400 g/mol. The SMILES string of the molecule is CC(=O)O[C@H]1CC[C@@]2(C)C(=CC(C(=O)C(C)C)[C@@H]3[C@@H]2CC[C@]2(C)C(=O)CC[C@@H]32)C1. The normalized spacial score (nSPS) is 43.9. The van der Waals surface area contributed by atoms with Crippen molar-refractivity contribution in [3.05, 3.63) is 11.6 Å². The van der Waals surface area contributed by atoms with E-state index in [0.717, 1.165) is 38.5 Å². The first kappa shape index (κ1) is 20.8. The smallest absolute Gasteiger partial charge is 0.302 e. The second-order valence-electron chi connectivity index (χ2n) is 10.9. The Morgan fingerprint density at radius 1 is 1.07 bits per heavy atom. The number of allylic oxidation sites excluding steroid dienone is 1. The third kappa shape index (κ3) is 3.13. The van der Waals surface area contributed by atoms with Crippen LogP contribution < -0.4 is 0 Å². The van der Waals surface area contributed by atoms with E-state index in [2.05, 4.69) is 19.9 Å². The van der Waals surface area contributed by atoms with Crippen LogP contribution in [0.3, 0.4) is 0 Å². The van der Waals surface area contributed by atoms with E-state index in [1.807, 2.05) is 13.8 Å². The zero-order valence-electron chi connectivity index (χ0n) is 18.6. The van der Waals surface area contributed by atoms with E-state index in [0.29, 0.717) is 29.8 Å². The second-order valence-corrected chi connectivity index (χ2v) is 10.9. The first-order chi connectivity index (χ1) is 13.6. The molecule has 160 valence electrons. The van der Waals surface area contributed by atoms with Gasteiger partial charge in [0.2, 0.25) is 0 Å². The predicted molar refractivity (Wildman–Crippen MR) is 111 cm³/mol. The molecule has 4 heteroatoms. The lowest BCUT2D eigenvalue weighted by Crippen LogP contribution is -2.55. The van der Waals surface area contributed by atoms with Crippen molar-refractivity contribution in [2.45, 2.75) is 85.7 Å². The van der Waals surface area contributed by atoms with Crippen LogP contribution in [-0.2, 0) is 19.1 Å². The van der Waals surface area contributed by atoms with E-state index in [1.54, 1.807) is 0 Å². The average molecular weight is 401 g/mol. The molecule has 0 radical (unpaired) electrons. The van der Waals surface area contributed by atoms with Crippen LogP contribution in [0.25, 0.3) is 0 Å². The van der Waals surface area contributed by atoms with Gasteiger partial charge in [0, 0.05) is 37.0 Å². The zero-order chi connectivity index (χ0) is 21.1. The number of ketones is 2. The fraction of sp³-hybridized carbons (Fsp3) is 0.800. The molecular formula is C25H36O4. The van der Waals surface area contributed by atoms with Gasteiger partial charge in [-0.1, -0.05) is 39.3 Å². The van der Waals surface area contributed by atoms with Crippen LogP contribution in [0.15, 0.2) is 11.6 Å². The first-order valence-electron chi connectivity index (χ1n) is 11.5. The van der Waals surface area contributed by atoms with Gasteiger partial charge < -0.3 is 4.74 Å². The van der Waals surface area contributed by atoms with Gasteiger partial charge in [0.1, 0.15) is 17.7 Å². The number of esters is 1. The maximum atomic E-state index is 13.4. The van der Waals surface area contributed by atoms with Crippen molar-refractivity contribution in [2.24, 2.45) is 40.4 Å². The summed E-state index contributed by atoms with van der Waals surface area (Å²) >= 11 is 0. The molecule has 3 fully saturated rings. The predicted octanol–water partition coefficient (Wildman–Crippen LogP) is 4.90. The molecule has 0 N–H and O–H groups in total. The molecular weight excluding hydrogens is 364 g/mol. The van der Waals surface area contributed by atoms with Crippen molar-refractivity contribution in [1.82, 2.24) is 0 Å². The number of carbonyl (C=O) groups is 3. The highest BCUT2D eigenvalue weighted by Gasteiger charge is 2.61. The standard InChI is InChI=1S/C25H36O4/c1-14(2)23(28)18-13-16-12-17(29-15(3)26)8-10-24(16,4)20-9-11-25(5)19(22(18)20)6-7-21(25)27/h13-14,17-20,22H,6-12H2,1-5H3/t17-,18?,19-,20-,22-,24-,25-/m0/s1. The molecule has 29 heavy (non-hydrogen) atoms. The summed E-state index contributed by atoms with van der Waals surface area (Å²) in [4.78, 5) is 37.6. The average Bonchev–Trinajstić information content (AvgIpc) is 2.95. The lowest BCUT2D eigenvalue weighted by molar-refractivity contribution is -0.150. The van der Waals surface area contributed by atoms with Gasteiger partial charge in [-0.2, -0.15) is 0 Å². The molecule has 0 aliphatic heterocycles. The molecule has 7 atom stereocenters. The van der Waals surface area contributed by atoms with Gasteiger partial charge in [0.25, 0.3) is 0 Å². The van der Waals surface area contributed by atoms with Gasteiger partial charge in [-0.15, -0.1) is 0 Å². The van der Waals surface area contributed by atoms with Gasteiger partial charge in [-0.05, 0) is 55.3 Å². The minimum atomic E-state index is -0.243. The highest BCUT2D eigenvalue weighted by atomic mass is 16.5. The summed E-state index contributed by atoms with van der Waals surface area (Å²) in [5.41, 5.74) is 1.14. The fourth-order valence-electron chi connectivity index (χ4n) is 7.42. The summed E-state index contributed by atoms with van der Waals surface area (Å²) in [6.07, 6.45) is 8.42. The van der Waals surface area contributed by atoms with E-state index < -0.39 is 0 Å². The topological polar surface area (TPSA) is 60.4 Å². The van der Waals surface area contributed by atoms with Crippen LogP contribution in [0.4, 0.5) is 0 Å². The van der Waals surface area contributed by atoms with Crippen LogP contribution in [0.2, 0.25) is 0 Å². The van der Waals surface area contributed by atoms with Gasteiger partial charge in [-0.3, -0.25) is 14.4 Å². The summed E-state index contributed by atoms with van der Waals surface area (Å²) in [5, 5.41) is 0. The molecule has 0 saturated heterocycles. The van der Waals surface area contributed by atoms with Crippen molar-refractivity contribution in [3.63, 3.8) is 0 Å². The maximum absolute atomic E-state index is 13.4. The van der Waals surface area contributed by atoms with Crippen LogP contribution in [0.1, 0.15) is 79.6 Å². The Hall–Kier alpha value is -1.45. The number of hydrogen-bond acceptors (Lipinski definition) is 4. The van der Waals surface area contributed by atoms with Gasteiger partial charge in [0.15, 0.2) is 0 Å². The molecule has 4 nitrogen and oxygen atoms in total. The van der Waals surface area contributed by atoms with E-state index in [9.17, 15) is 14.4 Å². The lowest BCUT2D eigenvalue weighted by atomic mass is 9.45. The summed E-state index contributed by atoms with van der Waals surface area (Å²) < 4.78 is 5.55. The maximum Gasteiger partial charge on any atom is 0.302 e. The summed E-state index contributed by atoms with van der Waals surface area (Å²) in [6.45, 7) is 10.0. The third-order valence-corrected chi connectivity index (χ3v) is 9.05. The Bertz CT molecular complexity index is 765. The minimum absolute atomic E-state index is 0.0139. The van der Waals surface area contributed by atoms with Crippen molar-refractivity contribution >= 4 is 17.5 Å². The Kier molecular flexibility index (Phi) is 5.07. The molecule has 0 heterocycles.